The Balaban J connectivity index is 3.08. The highest BCUT2D eigenvalue weighted by Gasteiger charge is 2.35. The van der Waals surface area contributed by atoms with Gasteiger partial charge < -0.3 is 10.7 Å². The Morgan fingerprint density at radius 2 is 2.08 bits per heavy atom. The third-order valence-corrected chi connectivity index (χ3v) is 1.40. The number of nitrogens with zero attached hydrogens (tertiary/aromatic N) is 1. The molecule has 0 saturated heterocycles. The largest absolute Gasteiger partial charge is 0.435 e. The van der Waals surface area contributed by atoms with Gasteiger partial charge >= 0.3 is 6.18 Å². The molecule has 0 unspecified atom stereocenters. The lowest BCUT2D eigenvalue weighted by Gasteiger charge is -2.01. The molecule has 0 atom stereocenters. The molecule has 0 bridgehead atoms. The number of hydrogen-bond acceptors (Lipinski definition) is 2. The molecular weight excluding hydrogens is 171 g/mol. The SMILES string of the molecule is Cc1[nH]c(CN)nc1C(F)(F)F. The number of H-pyrrole nitrogens is 1. The van der Waals surface area contributed by atoms with Crippen LogP contribution in [0.1, 0.15) is 17.2 Å². The average molecular weight is 179 g/mol. The standard InChI is InChI=1S/C6H8F3N3/c1-3-5(6(7,8)9)12-4(2-10)11-3/h2,10H2,1H3,(H,11,12). The van der Waals surface area contributed by atoms with Gasteiger partial charge in [-0.25, -0.2) is 4.98 Å². The van der Waals surface area contributed by atoms with Crippen LogP contribution in [0.5, 0.6) is 0 Å². The van der Waals surface area contributed by atoms with Crippen LogP contribution in [-0.4, -0.2) is 9.97 Å². The summed E-state index contributed by atoms with van der Waals surface area (Å²) in [6.45, 7) is 1.30. The van der Waals surface area contributed by atoms with Crippen molar-refractivity contribution in [3.8, 4) is 0 Å². The molecule has 0 aliphatic carbocycles. The predicted molar refractivity (Wildman–Crippen MR) is 36.2 cm³/mol. The van der Waals surface area contributed by atoms with Gasteiger partial charge in [0.15, 0.2) is 5.69 Å². The molecule has 0 aliphatic heterocycles. The topological polar surface area (TPSA) is 54.7 Å². The van der Waals surface area contributed by atoms with E-state index in [1.165, 1.54) is 6.92 Å². The van der Waals surface area contributed by atoms with Crippen LogP contribution in [0.15, 0.2) is 0 Å². The van der Waals surface area contributed by atoms with Crippen molar-refractivity contribution in [3.63, 3.8) is 0 Å². The zero-order chi connectivity index (χ0) is 9.35. The van der Waals surface area contributed by atoms with E-state index in [4.69, 9.17) is 5.73 Å². The molecule has 68 valence electrons. The molecule has 0 amide bonds. The highest BCUT2D eigenvalue weighted by molar-refractivity contribution is 5.15. The van der Waals surface area contributed by atoms with Crippen molar-refractivity contribution in [1.29, 1.82) is 0 Å². The van der Waals surface area contributed by atoms with Gasteiger partial charge in [-0.1, -0.05) is 0 Å². The molecule has 12 heavy (non-hydrogen) atoms. The van der Waals surface area contributed by atoms with E-state index in [9.17, 15) is 13.2 Å². The van der Waals surface area contributed by atoms with Crippen LogP contribution in [0.2, 0.25) is 0 Å². The van der Waals surface area contributed by atoms with Crippen LogP contribution in [0, 0.1) is 6.92 Å². The molecule has 0 fully saturated rings. The van der Waals surface area contributed by atoms with Crippen LogP contribution >= 0.6 is 0 Å². The zero-order valence-electron chi connectivity index (χ0n) is 6.37. The minimum absolute atomic E-state index is 0.00273. The first-order valence-corrected chi connectivity index (χ1v) is 3.28. The lowest BCUT2D eigenvalue weighted by molar-refractivity contribution is -0.141. The fraction of sp³-hybridized carbons (Fsp3) is 0.500. The van der Waals surface area contributed by atoms with Gasteiger partial charge in [0.05, 0.1) is 6.54 Å². The lowest BCUT2D eigenvalue weighted by Crippen LogP contribution is -2.07. The minimum Gasteiger partial charge on any atom is -0.345 e. The third kappa shape index (κ3) is 1.58. The summed E-state index contributed by atoms with van der Waals surface area (Å²) < 4.78 is 36.2. The first-order chi connectivity index (χ1) is 5.45. The van der Waals surface area contributed by atoms with Gasteiger partial charge in [-0.3, -0.25) is 0 Å². The molecule has 1 aromatic rings. The van der Waals surface area contributed by atoms with E-state index in [0.29, 0.717) is 0 Å². The summed E-state index contributed by atoms with van der Waals surface area (Å²) >= 11 is 0. The van der Waals surface area contributed by atoms with Gasteiger partial charge in [-0.2, -0.15) is 13.2 Å². The quantitative estimate of drug-likeness (QED) is 0.680. The summed E-state index contributed by atoms with van der Waals surface area (Å²) in [6.07, 6.45) is -4.39. The highest BCUT2D eigenvalue weighted by Crippen LogP contribution is 2.29. The van der Waals surface area contributed by atoms with E-state index >= 15 is 0 Å². The van der Waals surface area contributed by atoms with Crippen LogP contribution in [-0.2, 0) is 12.7 Å². The Bertz CT molecular complexity index is 276. The van der Waals surface area contributed by atoms with Gasteiger partial charge in [0.25, 0.3) is 0 Å². The third-order valence-electron chi connectivity index (χ3n) is 1.40. The monoisotopic (exact) mass is 179 g/mol. The molecular formula is C6H8F3N3. The Kier molecular flexibility index (Phi) is 2.10. The summed E-state index contributed by atoms with van der Waals surface area (Å²) in [5.74, 6) is 0.153. The number of aromatic amines is 1. The Morgan fingerprint density at radius 3 is 2.33 bits per heavy atom. The van der Waals surface area contributed by atoms with Crippen molar-refractivity contribution < 1.29 is 13.2 Å². The number of alkyl halides is 3. The molecule has 1 rings (SSSR count). The number of hydrogen-bond donors (Lipinski definition) is 2. The summed E-state index contributed by atoms with van der Waals surface area (Å²) in [6, 6.07) is 0. The maximum atomic E-state index is 12.1. The van der Waals surface area contributed by atoms with E-state index < -0.39 is 11.9 Å². The number of nitrogens with one attached hydrogen (secondary N) is 1. The average Bonchev–Trinajstić information content (AvgIpc) is 2.29. The van der Waals surface area contributed by atoms with Crippen LogP contribution in [0.3, 0.4) is 0 Å². The lowest BCUT2D eigenvalue weighted by atomic mass is 10.3. The molecule has 3 nitrogen and oxygen atoms in total. The van der Waals surface area contributed by atoms with Crippen LogP contribution in [0.4, 0.5) is 13.2 Å². The summed E-state index contributed by atoms with van der Waals surface area (Å²) in [7, 11) is 0. The number of halogens is 3. The first kappa shape index (κ1) is 9.05. The second kappa shape index (κ2) is 2.78. The summed E-state index contributed by atoms with van der Waals surface area (Å²) in [4.78, 5) is 5.74. The molecule has 1 heterocycles. The molecule has 0 radical (unpaired) electrons. The Labute approximate surface area is 66.8 Å². The zero-order valence-corrected chi connectivity index (χ0v) is 6.37. The second-order valence-electron chi connectivity index (χ2n) is 2.36. The van der Waals surface area contributed by atoms with Crippen molar-refractivity contribution in [2.45, 2.75) is 19.6 Å². The molecule has 1 aromatic heterocycles. The summed E-state index contributed by atoms with van der Waals surface area (Å²) in [5, 5.41) is 0. The first-order valence-electron chi connectivity index (χ1n) is 3.28. The number of imidazole rings is 1. The minimum atomic E-state index is -4.39. The summed E-state index contributed by atoms with van der Waals surface area (Å²) in [5.41, 5.74) is 4.23. The number of rotatable bonds is 1. The fourth-order valence-corrected chi connectivity index (χ4v) is 0.895. The van der Waals surface area contributed by atoms with Gasteiger partial charge in [0.2, 0.25) is 0 Å². The van der Waals surface area contributed by atoms with E-state index in [0.717, 1.165) is 0 Å². The molecule has 0 spiro atoms. The van der Waals surface area contributed by atoms with Crippen molar-refractivity contribution in [1.82, 2.24) is 9.97 Å². The van der Waals surface area contributed by atoms with E-state index in [1.54, 1.807) is 0 Å². The van der Waals surface area contributed by atoms with Gasteiger partial charge in [-0.05, 0) is 6.92 Å². The molecule has 0 aliphatic rings. The van der Waals surface area contributed by atoms with Gasteiger partial charge in [0, 0.05) is 5.69 Å². The van der Waals surface area contributed by atoms with Gasteiger partial charge in [-0.15, -0.1) is 0 Å². The van der Waals surface area contributed by atoms with E-state index in [-0.39, 0.29) is 18.1 Å². The Hall–Kier alpha value is -1.04. The van der Waals surface area contributed by atoms with Crippen molar-refractivity contribution >= 4 is 0 Å². The molecule has 0 saturated carbocycles. The van der Waals surface area contributed by atoms with Crippen molar-refractivity contribution in [2.75, 3.05) is 0 Å². The maximum absolute atomic E-state index is 12.1. The number of aromatic nitrogens is 2. The van der Waals surface area contributed by atoms with E-state index in [1.807, 2.05) is 0 Å². The smallest absolute Gasteiger partial charge is 0.345 e. The van der Waals surface area contributed by atoms with Crippen LogP contribution < -0.4 is 5.73 Å². The Morgan fingerprint density at radius 1 is 1.50 bits per heavy atom. The van der Waals surface area contributed by atoms with Gasteiger partial charge in [0.1, 0.15) is 5.82 Å². The molecule has 3 N–H and O–H groups in total. The normalized spacial score (nSPS) is 12.1. The van der Waals surface area contributed by atoms with Crippen molar-refractivity contribution in [2.24, 2.45) is 5.73 Å². The van der Waals surface area contributed by atoms with E-state index in [2.05, 4.69) is 9.97 Å². The predicted octanol–water partition coefficient (Wildman–Crippen LogP) is 1.20. The maximum Gasteiger partial charge on any atom is 0.435 e. The molecule has 6 heteroatoms. The number of aryl methyl sites for hydroxylation is 1. The molecule has 0 aromatic carbocycles. The highest BCUT2D eigenvalue weighted by atomic mass is 19.4. The van der Waals surface area contributed by atoms with Crippen molar-refractivity contribution in [3.05, 3.63) is 17.2 Å². The van der Waals surface area contributed by atoms with Crippen LogP contribution in [0.25, 0.3) is 0 Å². The fourth-order valence-electron chi connectivity index (χ4n) is 0.895. The number of nitrogens with two attached hydrogens (primary N) is 1. The second-order valence-corrected chi connectivity index (χ2v) is 2.36.